The summed E-state index contributed by atoms with van der Waals surface area (Å²) in [7, 11) is 1.60. The monoisotopic (exact) mass is 353 g/mol. The Bertz CT molecular complexity index is 877. The van der Waals surface area contributed by atoms with E-state index in [1.54, 1.807) is 60.3 Å². The van der Waals surface area contributed by atoms with Crippen molar-refractivity contribution in [2.24, 2.45) is 0 Å². The summed E-state index contributed by atoms with van der Waals surface area (Å²) in [5.41, 5.74) is 1.18. The minimum Gasteiger partial charge on any atom is -0.497 e. The minimum absolute atomic E-state index is 0.223. The fourth-order valence-electron chi connectivity index (χ4n) is 2.32. The molecule has 0 aliphatic carbocycles. The van der Waals surface area contributed by atoms with Gasteiger partial charge in [-0.05, 0) is 59.8 Å². The van der Waals surface area contributed by atoms with Gasteiger partial charge in [-0.3, -0.25) is 4.79 Å². The van der Waals surface area contributed by atoms with Crippen LogP contribution in [0.25, 0.3) is 0 Å². The Labute approximate surface area is 150 Å². The number of carbonyl (C=O) groups is 1. The zero-order chi connectivity index (χ0) is 18.4. The highest BCUT2D eigenvalue weighted by atomic mass is 16.5. The number of nitrogens with zero attached hydrogens (tertiary/aromatic N) is 4. The first-order chi connectivity index (χ1) is 12.7. The highest BCUT2D eigenvalue weighted by Crippen LogP contribution is 2.18. The van der Waals surface area contributed by atoms with Gasteiger partial charge in [-0.15, -0.1) is 5.10 Å². The van der Waals surface area contributed by atoms with Gasteiger partial charge in [0.1, 0.15) is 18.1 Å². The highest BCUT2D eigenvalue weighted by molar-refractivity contribution is 6.04. The molecule has 1 amide bonds. The lowest BCUT2D eigenvalue weighted by molar-refractivity contribution is 0.102. The molecule has 0 aliphatic heterocycles. The third-order valence-electron chi connectivity index (χ3n) is 3.72. The van der Waals surface area contributed by atoms with Crippen molar-refractivity contribution in [3.63, 3.8) is 0 Å². The molecule has 0 spiro atoms. The van der Waals surface area contributed by atoms with Crippen LogP contribution in [0.4, 0.5) is 5.69 Å². The zero-order valence-corrected chi connectivity index (χ0v) is 14.5. The van der Waals surface area contributed by atoms with Crippen LogP contribution in [-0.2, 0) is 13.2 Å². The number of aromatic nitrogens is 4. The molecule has 0 radical (unpaired) electrons. The van der Waals surface area contributed by atoms with E-state index in [1.807, 2.05) is 6.92 Å². The Morgan fingerprint density at radius 3 is 2.69 bits per heavy atom. The molecule has 0 saturated heterocycles. The Balaban J connectivity index is 1.65. The number of carbonyl (C=O) groups excluding carboxylic acids is 1. The molecule has 134 valence electrons. The molecule has 0 atom stereocenters. The molecule has 8 heteroatoms. The van der Waals surface area contributed by atoms with Crippen LogP contribution in [0.2, 0.25) is 0 Å². The van der Waals surface area contributed by atoms with Crippen molar-refractivity contribution in [1.29, 1.82) is 0 Å². The minimum atomic E-state index is -0.223. The number of anilines is 1. The number of tetrazole rings is 1. The molecule has 1 N–H and O–H groups in total. The first-order valence-corrected chi connectivity index (χ1v) is 8.13. The van der Waals surface area contributed by atoms with Gasteiger partial charge >= 0.3 is 0 Å². The summed E-state index contributed by atoms with van der Waals surface area (Å²) in [6.07, 6.45) is 0. The van der Waals surface area contributed by atoms with Crippen LogP contribution in [0.15, 0.2) is 48.5 Å². The Kier molecular flexibility index (Phi) is 5.43. The number of amides is 1. The molecular weight excluding hydrogens is 334 g/mol. The SMILES string of the molecule is CCn1nnnc1COc1cccc(C(=O)Nc2ccc(OC)cc2)c1. The van der Waals surface area contributed by atoms with E-state index in [2.05, 4.69) is 20.8 Å². The van der Waals surface area contributed by atoms with E-state index >= 15 is 0 Å². The molecule has 1 heterocycles. The van der Waals surface area contributed by atoms with Crippen molar-refractivity contribution >= 4 is 11.6 Å². The number of rotatable bonds is 7. The lowest BCUT2D eigenvalue weighted by atomic mass is 10.2. The highest BCUT2D eigenvalue weighted by Gasteiger charge is 2.09. The van der Waals surface area contributed by atoms with Crippen molar-refractivity contribution in [1.82, 2.24) is 20.2 Å². The summed E-state index contributed by atoms with van der Waals surface area (Å²) in [5, 5.41) is 14.2. The number of benzene rings is 2. The van der Waals surface area contributed by atoms with Gasteiger partial charge in [0.15, 0.2) is 5.82 Å². The smallest absolute Gasteiger partial charge is 0.255 e. The third-order valence-corrected chi connectivity index (χ3v) is 3.72. The van der Waals surface area contributed by atoms with Crippen molar-refractivity contribution in [3.05, 3.63) is 59.9 Å². The summed E-state index contributed by atoms with van der Waals surface area (Å²) < 4.78 is 12.5. The molecule has 0 saturated carbocycles. The Hall–Kier alpha value is -3.42. The maximum absolute atomic E-state index is 12.4. The Morgan fingerprint density at radius 1 is 1.15 bits per heavy atom. The first-order valence-electron chi connectivity index (χ1n) is 8.13. The van der Waals surface area contributed by atoms with Crippen molar-refractivity contribution in [2.45, 2.75) is 20.1 Å². The fraction of sp³-hybridized carbons (Fsp3) is 0.222. The van der Waals surface area contributed by atoms with E-state index in [9.17, 15) is 4.79 Å². The summed E-state index contributed by atoms with van der Waals surface area (Å²) >= 11 is 0. The third kappa shape index (κ3) is 4.15. The number of ether oxygens (including phenoxy) is 2. The maximum Gasteiger partial charge on any atom is 0.255 e. The average Bonchev–Trinajstić information content (AvgIpc) is 3.15. The fourth-order valence-corrected chi connectivity index (χ4v) is 2.32. The Morgan fingerprint density at radius 2 is 1.96 bits per heavy atom. The average molecular weight is 353 g/mol. The van der Waals surface area contributed by atoms with Crippen molar-refractivity contribution < 1.29 is 14.3 Å². The molecule has 8 nitrogen and oxygen atoms in total. The topological polar surface area (TPSA) is 91.2 Å². The standard InChI is InChI=1S/C18H19N5O3/c1-3-23-17(20-21-22-23)12-26-16-6-4-5-13(11-16)18(24)19-14-7-9-15(25-2)10-8-14/h4-11H,3,12H2,1-2H3,(H,19,24). The van der Waals surface area contributed by atoms with Crippen LogP contribution >= 0.6 is 0 Å². The molecule has 0 bridgehead atoms. The summed E-state index contributed by atoms with van der Waals surface area (Å²) in [5.74, 6) is 1.70. The van der Waals surface area contributed by atoms with Crippen LogP contribution in [0.3, 0.4) is 0 Å². The lowest BCUT2D eigenvalue weighted by Crippen LogP contribution is -2.12. The quantitative estimate of drug-likeness (QED) is 0.702. The van der Waals surface area contributed by atoms with Gasteiger partial charge in [0, 0.05) is 17.8 Å². The van der Waals surface area contributed by atoms with Crippen LogP contribution in [0, 0.1) is 0 Å². The van der Waals surface area contributed by atoms with Gasteiger partial charge in [0.2, 0.25) is 0 Å². The van der Waals surface area contributed by atoms with Gasteiger partial charge in [-0.1, -0.05) is 6.07 Å². The van der Waals surface area contributed by atoms with E-state index in [0.717, 1.165) is 5.75 Å². The summed E-state index contributed by atoms with van der Waals surface area (Å²) in [6.45, 7) is 2.84. The van der Waals surface area contributed by atoms with E-state index < -0.39 is 0 Å². The van der Waals surface area contributed by atoms with E-state index in [4.69, 9.17) is 9.47 Å². The van der Waals surface area contributed by atoms with E-state index in [0.29, 0.717) is 29.4 Å². The normalized spacial score (nSPS) is 10.4. The molecular formula is C18H19N5O3. The largest absolute Gasteiger partial charge is 0.497 e. The number of hydrogen-bond donors (Lipinski definition) is 1. The second-order valence-electron chi connectivity index (χ2n) is 5.41. The molecule has 0 fully saturated rings. The molecule has 2 aromatic carbocycles. The predicted octanol–water partition coefficient (Wildman–Crippen LogP) is 2.53. The van der Waals surface area contributed by atoms with Crippen molar-refractivity contribution in [2.75, 3.05) is 12.4 Å². The molecule has 26 heavy (non-hydrogen) atoms. The molecule has 0 aliphatic rings. The molecule has 0 unspecified atom stereocenters. The first kappa shape index (κ1) is 17.4. The van der Waals surface area contributed by atoms with Crippen LogP contribution in [0.5, 0.6) is 11.5 Å². The number of methoxy groups -OCH3 is 1. The van der Waals surface area contributed by atoms with E-state index in [1.165, 1.54) is 0 Å². The van der Waals surface area contributed by atoms with Gasteiger partial charge < -0.3 is 14.8 Å². The van der Waals surface area contributed by atoms with Crippen LogP contribution in [-0.4, -0.2) is 33.2 Å². The predicted molar refractivity (Wildman–Crippen MR) is 95.2 cm³/mol. The molecule has 1 aromatic heterocycles. The second kappa shape index (κ2) is 8.11. The van der Waals surface area contributed by atoms with Gasteiger partial charge in [0.05, 0.1) is 7.11 Å². The van der Waals surface area contributed by atoms with Gasteiger partial charge in [-0.25, -0.2) is 4.68 Å². The van der Waals surface area contributed by atoms with Crippen LogP contribution < -0.4 is 14.8 Å². The number of nitrogens with one attached hydrogen (secondary N) is 1. The molecule has 3 rings (SSSR count). The number of aryl methyl sites for hydroxylation is 1. The van der Waals surface area contributed by atoms with Gasteiger partial charge in [-0.2, -0.15) is 0 Å². The number of hydrogen-bond acceptors (Lipinski definition) is 6. The van der Waals surface area contributed by atoms with E-state index in [-0.39, 0.29) is 12.5 Å². The lowest BCUT2D eigenvalue weighted by Gasteiger charge is -2.09. The summed E-state index contributed by atoms with van der Waals surface area (Å²) in [6, 6.07) is 14.1. The van der Waals surface area contributed by atoms with Crippen LogP contribution in [0.1, 0.15) is 23.1 Å². The molecule has 3 aromatic rings. The summed E-state index contributed by atoms with van der Waals surface area (Å²) in [4.78, 5) is 12.4. The van der Waals surface area contributed by atoms with Gasteiger partial charge in [0.25, 0.3) is 5.91 Å². The zero-order valence-electron chi connectivity index (χ0n) is 14.5. The second-order valence-corrected chi connectivity index (χ2v) is 5.41. The van der Waals surface area contributed by atoms with Crippen molar-refractivity contribution in [3.8, 4) is 11.5 Å². The maximum atomic E-state index is 12.4.